The number of hydrogen-bond donors (Lipinski definition) is 2. The van der Waals surface area contributed by atoms with Crippen LogP contribution in [-0.2, 0) is 6.42 Å². The van der Waals surface area contributed by atoms with E-state index in [0.717, 1.165) is 60.5 Å². The van der Waals surface area contributed by atoms with E-state index in [0.29, 0.717) is 12.0 Å². The van der Waals surface area contributed by atoms with Crippen LogP contribution in [0.1, 0.15) is 85.9 Å². The first kappa shape index (κ1) is 23.6. The number of nitrogens with two attached hydrogens (primary N) is 1. The summed E-state index contributed by atoms with van der Waals surface area (Å²) in [4.78, 5) is 27.5. The zero-order valence-electron chi connectivity index (χ0n) is 20.9. The molecule has 3 N–H and O–H groups in total. The molecule has 1 aromatic heterocycles. The lowest BCUT2D eigenvalue weighted by atomic mass is 9.75. The quantitative estimate of drug-likeness (QED) is 0.707. The monoisotopic (exact) mass is 450 g/mol. The number of aromatic nitrogens is 1. The summed E-state index contributed by atoms with van der Waals surface area (Å²) in [6.45, 7) is 15.1. The van der Waals surface area contributed by atoms with E-state index in [1.807, 2.05) is 25.1 Å². The van der Waals surface area contributed by atoms with Crippen LogP contribution in [0.25, 0.3) is 5.69 Å². The predicted molar refractivity (Wildman–Crippen MR) is 133 cm³/mol. The molecule has 0 atom stereocenters. The van der Waals surface area contributed by atoms with Crippen LogP contribution in [-0.4, -0.2) is 45.8 Å². The van der Waals surface area contributed by atoms with Gasteiger partial charge in [-0.05, 0) is 76.1 Å². The maximum atomic E-state index is 12.8. The highest BCUT2D eigenvalue weighted by Gasteiger charge is 2.35. The summed E-state index contributed by atoms with van der Waals surface area (Å²) in [5.74, 6) is -0.214. The largest absolute Gasteiger partial charge is 0.382 e. The molecule has 1 fully saturated rings. The van der Waals surface area contributed by atoms with E-state index in [1.165, 1.54) is 0 Å². The second kappa shape index (κ2) is 8.32. The Balaban J connectivity index is 1.66. The number of fused-ring (bicyclic) bond motifs is 1. The average Bonchev–Trinajstić information content (AvgIpc) is 3.02. The van der Waals surface area contributed by atoms with E-state index in [2.05, 4.69) is 55.6 Å². The van der Waals surface area contributed by atoms with Crippen molar-refractivity contribution >= 4 is 17.4 Å². The van der Waals surface area contributed by atoms with Crippen molar-refractivity contribution in [1.82, 2.24) is 9.47 Å². The summed E-state index contributed by atoms with van der Waals surface area (Å²) >= 11 is 0. The lowest BCUT2D eigenvalue weighted by molar-refractivity contribution is 0.0909. The molecule has 0 spiro atoms. The first-order chi connectivity index (χ1) is 15.4. The third kappa shape index (κ3) is 4.72. The number of nitrogens with zero attached hydrogens (tertiary/aromatic N) is 2. The van der Waals surface area contributed by atoms with Crippen molar-refractivity contribution in [1.29, 1.82) is 0 Å². The minimum atomic E-state index is -0.432. The molecule has 1 amide bonds. The van der Waals surface area contributed by atoms with Crippen molar-refractivity contribution in [2.24, 2.45) is 11.1 Å². The molecule has 4 rings (SSSR count). The van der Waals surface area contributed by atoms with Gasteiger partial charge in [0.2, 0.25) is 0 Å². The first-order valence-electron chi connectivity index (χ1n) is 12.1. The Kier molecular flexibility index (Phi) is 5.94. The number of amides is 1. The van der Waals surface area contributed by atoms with E-state index in [9.17, 15) is 9.59 Å². The number of hydrogen-bond acceptors (Lipinski definition) is 4. The Hall–Kier alpha value is -2.60. The van der Waals surface area contributed by atoms with Gasteiger partial charge >= 0.3 is 0 Å². The minimum Gasteiger partial charge on any atom is -0.382 e. The SMILES string of the molecule is Cc1cn(-c2ccc(C(N)=O)c(NC3CCN(C(C)(C)C)CC3)c2)c2c1C(=O)CC(C)(C)C2. The fraction of sp³-hybridized carbons (Fsp3) is 0.556. The molecule has 33 heavy (non-hydrogen) atoms. The Morgan fingerprint density at radius 2 is 1.82 bits per heavy atom. The number of piperidine rings is 1. The molecule has 2 heterocycles. The number of carbonyl (C=O) groups is 2. The highest BCUT2D eigenvalue weighted by Crippen LogP contribution is 2.38. The fourth-order valence-electron chi connectivity index (χ4n) is 5.44. The van der Waals surface area contributed by atoms with Gasteiger partial charge in [-0.2, -0.15) is 0 Å². The van der Waals surface area contributed by atoms with Crippen molar-refractivity contribution in [3.8, 4) is 5.69 Å². The fourth-order valence-corrected chi connectivity index (χ4v) is 5.44. The number of nitrogens with one attached hydrogen (secondary N) is 1. The van der Waals surface area contributed by atoms with Gasteiger partial charge in [0.05, 0.1) is 5.56 Å². The number of rotatable bonds is 4. The third-order valence-electron chi connectivity index (χ3n) is 7.21. The van der Waals surface area contributed by atoms with Gasteiger partial charge in [-0.25, -0.2) is 0 Å². The first-order valence-corrected chi connectivity index (χ1v) is 12.1. The van der Waals surface area contributed by atoms with Gasteiger partial charge in [-0.1, -0.05) is 13.8 Å². The van der Waals surface area contributed by atoms with Gasteiger partial charge in [-0.3, -0.25) is 14.5 Å². The second-order valence-electron chi connectivity index (χ2n) is 11.6. The summed E-state index contributed by atoms with van der Waals surface area (Å²) in [6, 6.07) is 6.04. The number of Topliss-reactive ketones (excluding diaryl/α,β-unsaturated/α-hetero) is 1. The van der Waals surface area contributed by atoms with Crippen LogP contribution in [0, 0.1) is 12.3 Å². The van der Waals surface area contributed by atoms with Gasteiger partial charge in [0, 0.05) is 59.9 Å². The maximum Gasteiger partial charge on any atom is 0.250 e. The molecule has 0 radical (unpaired) electrons. The van der Waals surface area contributed by atoms with Gasteiger partial charge in [0.1, 0.15) is 0 Å². The van der Waals surface area contributed by atoms with Crippen LogP contribution in [0.4, 0.5) is 5.69 Å². The van der Waals surface area contributed by atoms with E-state index in [4.69, 9.17) is 5.73 Å². The van der Waals surface area contributed by atoms with Gasteiger partial charge < -0.3 is 15.6 Å². The number of primary amides is 1. The summed E-state index contributed by atoms with van der Waals surface area (Å²) in [5.41, 5.74) is 11.0. The summed E-state index contributed by atoms with van der Waals surface area (Å²) in [6.07, 6.45) is 5.49. The summed E-state index contributed by atoms with van der Waals surface area (Å²) in [7, 11) is 0. The van der Waals surface area contributed by atoms with E-state index >= 15 is 0 Å². The topological polar surface area (TPSA) is 80.4 Å². The Morgan fingerprint density at radius 3 is 2.42 bits per heavy atom. The molecule has 178 valence electrons. The van der Waals surface area contributed by atoms with Crippen LogP contribution in [0.5, 0.6) is 0 Å². The lowest BCUT2D eigenvalue weighted by Crippen LogP contribution is -2.48. The van der Waals surface area contributed by atoms with Crippen molar-refractivity contribution in [3.05, 3.63) is 46.8 Å². The van der Waals surface area contributed by atoms with E-state index in [-0.39, 0.29) is 22.8 Å². The third-order valence-corrected chi connectivity index (χ3v) is 7.21. The number of benzene rings is 1. The molecule has 0 saturated carbocycles. The highest BCUT2D eigenvalue weighted by molar-refractivity contribution is 6.01. The average molecular weight is 451 g/mol. The highest BCUT2D eigenvalue weighted by atomic mass is 16.1. The molecule has 1 aliphatic heterocycles. The predicted octanol–water partition coefficient (Wildman–Crippen LogP) is 4.71. The normalized spacial score (nSPS) is 19.4. The molecule has 2 aromatic rings. The Morgan fingerprint density at radius 1 is 1.15 bits per heavy atom. The molecule has 1 saturated heterocycles. The second-order valence-corrected chi connectivity index (χ2v) is 11.6. The van der Waals surface area contributed by atoms with Gasteiger partial charge in [-0.15, -0.1) is 0 Å². The van der Waals surface area contributed by atoms with Crippen LogP contribution >= 0.6 is 0 Å². The standard InChI is InChI=1S/C27H38N4O2/c1-17-16-31(22-14-27(5,6)15-23(32)24(17)22)19-7-8-20(25(28)33)21(13-19)29-18-9-11-30(12-10-18)26(2,3)4/h7-8,13,16,18,29H,9-12,14-15H2,1-6H3,(H2,28,33). The van der Waals surface area contributed by atoms with Crippen molar-refractivity contribution in [2.45, 2.75) is 78.8 Å². The zero-order valence-corrected chi connectivity index (χ0v) is 20.9. The van der Waals surface area contributed by atoms with Crippen molar-refractivity contribution in [3.63, 3.8) is 0 Å². The number of anilines is 1. The van der Waals surface area contributed by atoms with E-state index in [1.54, 1.807) is 0 Å². The number of aryl methyl sites for hydroxylation is 1. The molecule has 0 bridgehead atoms. The Bertz CT molecular complexity index is 1080. The van der Waals surface area contributed by atoms with Crippen LogP contribution in [0.15, 0.2) is 24.4 Å². The molecule has 1 aromatic carbocycles. The van der Waals surface area contributed by atoms with E-state index < -0.39 is 5.91 Å². The molecule has 6 nitrogen and oxygen atoms in total. The minimum absolute atomic E-state index is 0.0676. The molecule has 1 aliphatic carbocycles. The summed E-state index contributed by atoms with van der Waals surface area (Å²) < 4.78 is 2.13. The summed E-state index contributed by atoms with van der Waals surface area (Å²) in [5, 5.41) is 3.62. The lowest BCUT2D eigenvalue weighted by Gasteiger charge is -2.41. The van der Waals surface area contributed by atoms with Gasteiger partial charge in [0.15, 0.2) is 5.78 Å². The van der Waals surface area contributed by atoms with Crippen LogP contribution in [0.3, 0.4) is 0 Å². The number of likely N-dealkylation sites (tertiary alicyclic amines) is 1. The maximum absolute atomic E-state index is 12.8. The molecule has 0 unspecified atom stereocenters. The number of ketones is 1. The molecule has 6 heteroatoms. The van der Waals surface area contributed by atoms with Gasteiger partial charge in [0.25, 0.3) is 5.91 Å². The number of carbonyl (C=O) groups excluding carboxylic acids is 2. The van der Waals surface area contributed by atoms with Crippen molar-refractivity contribution < 1.29 is 9.59 Å². The molecular weight excluding hydrogens is 412 g/mol. The zero-order chi connectivity index (χ0) is 24.1. The van der Waals surface area contributed by atoms with Crippen molar-refractivity contribution in [2.75, 3.05) is 18.4 Å². The molecule has 2 aliphatic rings. The van der Waals surface area contributed by atoms with Crippen LogP contribution < -0.4 is 11.1 Å². The Labute approximate surface area is 197 Å². The smallest absolute Gasteiger partial charge is 0.250 e. The molecular formula is C27H38N4O2. The van der Waals surface area contributed by atoms with Crippen LogP contribution in [0.2, 0.25) is 0 Å².